The SMILES string of the molecule is CCC(CC)(CC(=O)Nc1cccc(OCc2ccc3ccc(SC)cc3n2)c1)C(=O)O. The Morgan fingerprint density at radius 3 is 2.53 bits per heavy atom. The summed E-state index contributed by atoms with van der Waals surface area (Å²) in [7, 11) is 0. The van der Waals surface area contributed by atoms with Gasteiger partial charge < -0.3 is 15.2 Å². The topological polar surface area (TPSA) is 88.5 Å². The number of amides is 1. The Morgan fingerprint density at radius 1 is 1.09 bits per heavy atom. The molecule has 0 saturated heterocycles. The summed E-state index contributed by atoms with van der Waals surface area (Å²) >= 11 is 1.68. The smallest absolute Gasteiger partial charge is 0.310 e. The summed E-state index contributed by atoms with van der Waals surface area (Å²) in [6.07, 6.45) is 2.75. The molecular formula is C25H28N2O4S. The number of nitrogens with zero attached hydrogens (tertiary/aromatic N) is 1. The van der Waals surface area contributed by atoms with E-state index in [0.717, 1.165) is 21.5 Å². The van der Waals surface area contributed by atoms with Crippen molar-refractivity contribution in [2.45, 2.75) is 44.6 Å². The van der Waals surface area contributed by atoms with Gasteiger partial charge in [-0.15, -0.1) is 11.8 Å². The first-order chi connectivity index (χ1) is 15.4. The summed E-state index contributed by atoms with van der Waals surface area (Å²) in [5.41, 5.74) is 1.25. The minimum atomic E-state index is -1.05. The molecule has 1 heterocycles. The van der Waals surface area contributed by atoms with Gasteiger partial charge in [0, 0.05) is 28.5 Å². The maximum Gasteiger partial charge on any atom is 0.310 e. The molecule has 0 radical (unpaired) electrons. The minimum absolute atomic E-state index is 0.0700. The number of hydrogen-bond donors (Lipinski definition) is 2. The minimum Gasteiger partial charge on any atom is -0.487 e. The third-order valence-corrected chi connectivity index (χ3v) is 6.49. The lowest BCUT2D eigenvalue weighted by molar-refractivity contribution is -0.151. The lowest BCUT2D eigenvalue weighted by atomic mass is 9.79. The normalized spacial score (nSPS) is 11.3. The van der Waals surface area contributed by atoms with Crippen molar-refractivity contribution in [2.24, 2.45) is 5.41 Å². The molecule has 0 atom stereocenters. The van der Waals surface area contributed by atoms with Gasteiger partial charge in [0.1, 0.15) is 12.4 Å². The fraction of sp³-hybridized carbons (Fsp3) is 0.320. The second kappa shape index (κ2) is 10.5. The molecule has 0 unspecified atom stereocenters. The van der Waals surface area contributed by atoms with Gasteiger partial charge in [-0.1, -0.05) is 32.0 Å². The molecule has 2 aromatic carbocycles. The first-order valence-electron chi connectivity index (χ1n) is 10.6. The average molecular weight is 453 g/mol. The highest BCUT2D eigenvalue weighted by Gasteiger charge is 2.37. The number of rotatable bonds is 10. The third kappa shape index (κ3) is 5.59. The van der Waals surface area contributed by atoms with Crippen LogP contribution in [0.25, 0.3) is 10.9 Å². The Labute approximate surface area is 192 Å². The summed E-state index contributed by atoms with van der Waals surface area (Å²) in [6, 6.07) is 17.2. The Kier molecular flexibility index (Phi) is 7.75. The molecule has 3 rings (SSSR count). The molecular weight excluding hydrogens is 424 g/mol. The van der Waals surface area contributed by atoms with Crippen molar-refractivity contribution in [3.8, 4) is 5.75 Å². The fourth-order valence-electron chi connectivity index (χ4n) is 3.56. The molecule has 7 heteroatoms. The second-order valence-electron chi connectivity index (χ2n) is 7.70. The van der Waals surface area contributed by atoms with Crippen molar-refractivity contribution in [3.63, 3.8) is 0 Å². The van der Waals surface area contributed by atoms with E-state index in [0.29, 0.717) is 30.9 Å². The number of hydrogen-bond acceptors (Lipinski definition) is 5. The molecule has 0 saturated carbocycles. The number of ether oxygens (including phenoxy) is 1. The predicted octanol–water partition coefficient (Wildman–Crippen LogP) is 5.76. The highest BCUT2D eigenvalue weighted by atomic mass is 32.2. The molecule has 168 valence electrons. The standard InChI is InChI=1S/C25H28N2O4S/c1-4-25(5-2,24(29)30)15-23(28)27-18-7-6-8-20(13-18)31-16-19-11-9-17-10-12-21(32-3)14-22(17)26-19/h6-14H,4-5,15-16H2,1-3H3,(H,27,28)(H,29,30). The molecule has 0 aliphatic rings. The van der Waals surface area contributed by atoms with Gasteiger partial charge in [-0.25, -0.2) is 4.98 Å². The molecule has 0 aliphatic carbocycles. The summed E-state index contributed by atoms with van der Waals surface area (Å²) in [5, 5.41) is 13.4. The highest BCUT2D eigenvalue weighted by Crippen LogP contribution is 2.31. The van der Waals surface area contributed by atoms with Gasteiger partial charge in [0.25, 0.3) is 0 Å². The molecule has 3 aromatic rings. The van der Waals surface area contributed by atoms with Gasteiger partial charge in [0.15, 0.2) is 0 Å². The first-order valence-corrected chi connectivity index (χ1v) is 11.8. The van der Waals surface area contributed by atoms with Crippen LogP contribution in [-0.4, -0.2) is 28.2 Å². The van der Waals surface area contributed by atoms with Gasteiger partial charge in [0.2, 0.25) is 5.91 Å². The average Bonchev–Trinajstić information content (AvgIpc) is 2.80. The number of nitrogens with one attached hydrogen (secondary N) is 1. The molecule has 1 aromatic heterocycles. The third-order valence-electron chi connectivity index (χ3n) is 5.77. The number of benzene rings is 2. The van der Waals surface area contributed by atoms with Gasteiger partial charge in [-0.3, -0.25) is 9.59 Å². The number of aromatic nitrogens is 1. The van der Waals surface area contributed by atoms with E-state index in [4.69, 9.17) is 4.74 Å². The Morgan fingerprint density at radius 2 is 1.84 bits per heavy atom. The van der Waals surface area contributed by atoms with Gasteiger partial charge in [-0.2, -0.15) is 0 Å². The lowest BCUT2D eigenvalue weighted by Crippen LogP contribution is -2.34. The molecule has 0 fully saturated rings. The van der Waals surface area contributed by atoms with Crippen LogP contribution in [0.5, 0.6) is 5.75 Å². The monoisotopic (exact) mass is 452 g/mol. The van der Waals surface area contributed by atoms with Gasteiger partial charge in [-0.05, 0) is 49.4 Å². The van der Waals surface area contributed by atoms with Crippen molar-refractivity contribution >= 4 is 40.2 Å². The van der Waals surface area contributed by atoms with Crippen molar-refractivity contribution < 1.29 is 19.4 Å². The Balaban J connectivity index is 1.65. The van der Waals surface area contributed by atoms with Crippen molar-refractivity contribution in [1.29, 1.82) is 0 Å². The van der Waals surface area contributed by atoms with Crippen molar-refractivity contribution in [1.82, 2.24) is 4.98 Å². The second-order valence-corrected chi connectivity index (χ2v) is 8.57. The number of carboxylic acids is 1. The van der Waals surface area contributed by atoms with Crippen molar-refractivity contribution in [2.75, 3.05) is 11.6 Å². The molecule has 0 aliphatic heterocycles. The maximum atomic E-state index is 12.5. The predicted molar refractivity (Wildman–Crippen MR) is 128 cm³/mol. The van der Waals surface area contributed by atoms with E-state index in [2.05, 4.69) is 28.5 Å². The molecule has 6 nitrogen and oxygen atoms in total. The van der Waals surface area contributed by atoms with E-state index in [1.54, 1.807) is 43.8 Å². The van der Waals surface area contributed by atoms with Gasteiger partial charge in [0.05, 0.1) is 16.6 Å². The molecule has 0 spiro atoms. The largest absolute Gasteiger partial charge is 0.487 e. The van der Waals surface area contributed by atoms with E-state index in [-0.39, 0.29) is 12.3 Å². The lowest BCUT2D eigenvalue weighted by Gasteiger charge is -2.25. The number of fused-ring (bicyclic) bond motifs is 1. The summed E-state index contributed by atoms with van der Waals surface area (Å²) in [4.78, 5) is 30.0. The number of pyridine rings is 1. The molecule has 1 amide bonds. The Hall–Kier alpha value is -3.06. The number of anilines is 1. The van der Waals surface area contributed by atoms with Crippen molar-refractivity contribution in [3.05, 3.63) is 60.3 Å². The zero-order chi connectivity index (χ0) is 23.1. The van der Waals surface area contributed by atoms with Crippen LogP contribution >= 0.6 is 11.8 Å². The molecule has 32 heavy (non-hydrogen) atoms. The van der Waals surface area contributed by atoms with E-state index in [1.807, 2.05) is 24.5 Å². The summed E-state index contributed by atoms with van der Waals surface area (Å²) in [5.74, 6) is -0.672. The van der Waals surface area contributed by atoms with Crippen LogP contribution in [-0.2, 0) is 16.2 Å². The summed E-state index contributed by atoms with van der Waals surface area (Å²) < 4.78 is 5.89. The Bertz CT molecular complexity index is 1110. The van der Waals surface area contributed by atoms with E-state index in [9.17, 15) is 14.7 Å². The number of carboxylic acid groups (broad SMARTS) is 1. The number of carbonyl (C=O) groups is 2. The van der Waals surface area contributed by atoms with Crippen LogP contribution in [0.15, 0.2) is 59.5 Å². The van der Waals surface area contributed by atoms with Crippen LogP contribution in [0.1, 0.15) is 38.8 Å². The molecule has 2 N–H and O–H groups in total. The van der Waals surface area contributed by atoms with E-state index < -0.39 is 11.4 Å². The quantitative estimate of drug-likeness (QED) is 0.381. The highest BCUT2D eigenvalue weighted by molar-refractivity contribution is 7.98. The number of carbonyl (C=O) groups excluding carboxylic acids is 1. The summed E-state index contributed by atoms with van der Waals surface area (Å²) in [6.45, 7) is 3.88. The van der Waals surface area contributed by atoms with Crippen LogP contribution in [0.4, 0.5) is 5.69 Å². The van der Waals surface area contributed by atoms with Crippen LogP contribution < -0.4 is 10.1 Å². The van der Waals surface area contributed by atoms with Crippen LogP contribution in [0.2, 0.25) is 0 Å². The molecule has 0 bridgehead atoms. The van der Waals surface area contributed by atoms with Gasteiger partial charge >= 0.3 is 5.97 Å². The first kappa shape index (κ1) is 23.6. The fourth-order valence-corrected chi connectivity index (χ4v) is 3.99. The van der Waals surface area contributed by atoms with E-state index in [1.165, 1.54) is 0 Å². The van der Waals surface area contributed by atoms with Crippen LogP contribution in [0, 0.1) is 5.41 Å². The zero-order valence-electron chi connectivity index (χ0n) is 18.6. The van der Waals surface area contributed by atoms with Crippen LogP contribution in [0.3, 0.4) is 0 Å². The number of thioether (sulfide) groups is 1. The van der Waals surface area contributed by atoms with E-state index >= 15 is 0 Å². The maximum absolute atomic E-state index is 12.5. The zero-order valence-corrected chi connectivity index (χ0v) is 19.4. The number of aliphatic carboxylic acids is 1.